The number of nitrogens with zero attached hydrogens (tertiary/aromatic N) is 1. The summed E-state index contributed by atoms with van der Waals surface area (Å²) in [6.45, 7) is 0.181. The van der Waals surface area contributed by atoms with Gasteiger partial charge in [0.05, 0.1) is 6.21 Å². The normalized spacial score (nSPS) is 12.6. The van der Waals surface area contributed by atoms with Crippen LogP contribution in [0, 0.1) is 0 Å². The molecule has 1 amide bonds. The molecule has 3 rings (SSSR count). The smallest absolute Gasteiger partial charge is 0.271 e. The lowest BCUT2D eigenvalue weighted by Crippen LogP contribution is -2.17. The monoisotopic (exact) mass is 346 g/mol. The van der Waals surface area contributed by atoms with Gasteiger partial charge in [-0.1, -0.05) is 34.1 Å². The maximum absolute atomic E-state index is 12.0. The van der Waals surface area contributed by atoms with E-state index in [9.17, 15) is 4.79 Å². The molecule has 106 valence electrons. The van der Waals surface area contributed by atoms with Crippen LogP contribution in [0.4, 0.5) is 0 Å². The van der Waals surface area contributed by atoms with E-state index in [4.69, 9.17) is 9.47 Å². The molecule has 0 spiro atoms. The number of hydrogen-bond acceptors (Lipinski definition) is 4. The summed E-state index contributed by atoms with van der Waals surface area (Å²) in [6.07, 6.45) is 1.58. The van der Waals surface area contributed by atoms with Crippen molar-refractivity contribution in [2.75, 3.05) is 6.79 Å². The molecule has 1 heterocycles. The molecule has 0 bridgehead atoms. The molecular weight excluding hydrogens is 336 g/mol. The molecule has 1 N–H and O–H groups in total. The highest BCUT2D eigenvalue weighted by Gasteiger charge is 2.15. The Hall–Kier alpha value is -2.34. The fraction of sp³-hybridized carbons (Fsp3) is 0.0667. The van der Waals surface area contributed by atoms with Gasteiger partial charge >= 0.3 is 0 Å². The van der Waals surface area contributed by atoms with Gasteiger partial charge in [0.2, 0.25) is 6.79 Å². The SMILES string of the molecule is O=C(N/N=C\c1ccccc1Br)c1ccc2c(c1)OCO2. The van der Waals surface area contributed by atoms with Crippen molar-refractivity contribution in [2.24, 2.45) is 5.10 Å². The summed E-state index contributed by atoms with van der Waals surface area (Å²) in [5, 5.41) is 3.95. The number of hydrogen-bond donors (Lipinski definition) is 1. The first-order chi connectivity index (χ1) is 10.2. The summed E-state index contributed by atoms with van der Waals surface area (Å²) >= 11 is 3.41. The Morgan fingerprint density at radius 2 is 2.00 bits per heavy atom. The first-order valence-corrected chi connectivity index (χ1v) is 7.01. The van der Waals surface area contributed by atoms with E-state index in [0.717, 1.165) is 10.0 Å². The molecule has 5 nitrogen and oxygen atoms in total. The molecule has 1 aliphatic heterocycles. The van der Waals surface area contributed by atoms with E-state index in [1.165, 1.54) is 0 Å². The van der Waals surface area contributed by atoms with Crippen molar-refractivity contribution in [1.29, 1.82) is 0 Å². The average molecular weight is 347 g/mol. The fourth-order valence-corrected chi connectivity index (χ4v) is 2.23. The van der Waals surface area contributed by atoms with E-state index >= 15 is 0 Å². The number of halogens is 1. The van der Waals surface area contributed by atoms with Gasteiger partial charge in [0.15, 0.2) is 11.5 Å². The third-order valence-electron chi connectivity index (χ3n) is 2.91. The van der Waals surface area contributed by atoms with Crippen molar-refractivity contribution in [3.8, 4) is 11.5 Å². The first kappa shape index (κ1) is 13.6. The highest BCUT2D eigenvalue weighted by Crippen LogP contribution is 2.32. The molecule has 2 aromatic rings. The lowest BCUT2D eigenvalue weighted by molar-refractivity contribution is 0.0954. The topological polar surface area (TPSA) is 59.9 Å². The van der Waals surface area contributed by atoms with E-state index in [1.807, 2.05) is 24.3 Å². The van der Waals surface area contributed by atoms with Gasteiger partial charge in [0.1, 0.15) is 0 Å². The molecule has 0 saturated carbocycles. The number of carbonyl (C=O) groups is 1. The minimum atomic E-state index is -0.309. The van der Waals surface area contributed by atoms with Crippen molar-refractivity contribution >= 4 is 28.1 Å². The Kier molecular flexibility index (Phi) is 3.87. The summed E-state index contributed by atoms with van der Waals surface area (Å²) in [5.74, 6) is 0.900. The summed E-state index contributed by atoms with van der Waals surface area (Å²) in [7, 11) is 0. The van der Waals surface area contributed by atoms with Crippen LogP contribution in [0.1, 0.15) is 15.9 Å². The molecule has 2 aromatic carbocycles. The van der Waals surface area contributed by atoms with Crippen molar-refractivity contribution < 1.29 is 14.3 Å². The second-order valence-corrected chi connectivity index (χ2v) is 5.14. The number of amides is 1. The van der Waals surface area contributed by atoms with Gasteiger partial charge in [0, 0.05) is 15.6 Å². The molecule has 0 fully saturated rings. The number of benzene rings is 2. The minimum absolute atomic E-state index is 0.181. The quantitative estimate of drug-likeness (QED) is 0.686. The summed E-state index contributed by atoms with van der Waals surface area (Å²) < 4.78 is 11.3. The molecule has 0 radical (unpaired) electrons. The highest BCUT2D eigenvalue weighted by atomic mass is 79.9. The Labute approximate surface area is 129 Å². The summed E-state index contributed by atoms with van der Waals surface area (Å²) in [6, 6.07) is 12.6. The lowest BCUT2D eigenvalue weighted by Gasteiger charge is -2.02. The Morgan fingerprint density at radius 1 is 1.19 bits per heavy atom. The molecule has 0 aliphatic carbocycles. The number of hydrazone groups is 1. The standard InChI is InChI=1S/C15H11BrN2O3/c16-12-4-2-1-3-11(12)8-17-18-15(19)10-5-6-13-14(7-10)21-9-20-13/h1-8H,9H2,(H,18,19)/b17-8-. The van der Waals surface area contributed by atoms with Gasteiger partial charge < -0.3 is 9.47 Å². The number of rotatable bonds is 3. The van der Waals surface area contributed by atoms with E-state index in [2.05, 4.69) is 26.5 Å². The largest absolute Gasteiger partial charge is 0.454 e. The molecule has 0 unspecified atom stereocenters. The van der Waals surface area contributed by atoms with Crippen LogP contribution in [0.15, 0.2) is 52.0 Å². The first-order valence-electron chi connectivity index (χ1n) is 6.21. The Bertz CT molecular complexity index is 716. The van der Waals surface area contributed by atoms with Gasteiger partial charge in [-0.3, -0.25) is 4.79 Å². The molecular formula is C15H11BrN2O3. The molecule has 0 atom stereocenters. The van der Waals surface area contributed by atoms with Crippen LogP contribution in [0.3, 0.4) is 0 Å². The van der Waals surface area contributed by atoms with Crippen LogP contribution >= 0.6 is 15.9 Å². The number of nitrogens with one attached hydrogen (secondary N) is 1. The van der Waals surface area contributed by atoms with Crippen LogP contribution in [0.25, 0.3) is 0 Å². The van der Waals surface area contributed by atoms with Gasteiger partial charge in [-0.05, 0) is 24.3 Å². The van der Waals surface area contributed by atoms with Gasteiger partial charge in [0.25, 0.3) is 5.91 Å². The molecule has 1 aliphatic rings. The molecule has 0 saturated heterocycles. The van der Waals surface area contributed by atoms with Crippen LogP contribution < -0.4 is 14.9 Å². The van der Waals surface area contributed by atoms with Crippen LogP contribution in [0.2, 0.25) is 0 Å². The zero-order valence-corrected chi connectivity index (χ0v) is 12.5. The summed E-state index contributed by atoms with van der Waals surface area (Å²) in [4.78, 5) is 12.0. The second kappa shape index (κ2) is 5.97. The van der Waals surface area contributed by atoms with Gasteiger partial charge in [-0.25, -0.2) is 5.43 Å². The van der Waals surface area contributed by atoms with Crippen LogP contribution in [-0.2, 0) is 0 Å². The minimum Gasteiger partial charge on any atom is -0.454 e. The number of fused-ring (bicyclic) bond motifs is 1. The zero-order valence-electron chi connectivity index (χ0n) is 10.9. The predicted octanol–water partition coefficient (Wildman–Crippen LogP) is 2.94. The number of ether oxygens (including phenoxy) is 2. The maximum Gasteiger partial charge on any atom is 0.271 e. The van der Waals surface area contributed by atoms with Gasteiger partial charge in [-0.2, -0.15) is 5.10 Å². The third kappa shape index (κ3) is 3.05. The van der Waals surface area contributed by atoms with E-state index < -0.39 is 0 Å². The van der Waals surface area contributed by atoms with E-state index in [-0.39, 0.29) is 12.7 Å². The molecule has 0 aromatic heterocycles. The fourth-order valence-electron chi connectivity index (χ4n) is 1.84. The third-order valence-corrected chi connectivity index (χ3v) is 3.63. The molecule has 6 heteroatoms. The second-order valence-electron chi connectivity index (χ2n) is 4.29. The summed E-state index contributed by atoms with van der Waals surface area (Å²) in [5.41, 5.74) is 3.82. The van der Waals surface area contributed by atoms with Crippen molar-refractivity contribution in [2.45, 2.75) is 0 Å². The van der Waals surface area contributed by atoms with Gasteiger partial charge in [-0.15, -0.1) is 0 Å². The van der Waals surface area contributed by atoms with Crippen molar-refractivity contribution in [3.63, 3.8) is 0 Å². The average Bonchev–Trinajstić information content (AvgIpc) is 2.96. The van der Waals surface area contributed by atoms with Crippen molar-refractivity contribution in [3.05, 3.63) is 58.1 Å². The lowest BCUT2D eigenvalue weighted by atomic mass is 10.2. The predicted molar refractivity (Wildman–Crippen MR) is 81.8 cm³/mol. The van der Waals surface area contributed by atoms with E-state index in [1.54, 1.807) is 24.4 Å². The Balaban J connectivity index is 1.68. The molecule has 21 heavy (non-hydrogen) atoms. The van der Waals surface area contributed by atoms with Crippen LogP contribution in [-0.4, -0.2) is 18.9 Å². The van der Waals surface area contributed by atoms with Crippen LogP contribution in [0.5, 0.6) is 11.5 Å². The maximum atomic E-state index is 12.0. The zero-order chi connectivity index (χ0) is 14.7. The van der Waals surface area contributed by atoms with E-state index in [0.29, 0.717) is 17.1 Å². The van der Waals surface area contributed by atoms with Crippen molar-refractivity contribution in [1.82, 2.24) is 5.43 Å². The number of carbonyl (C=O) groups excluding carboxylic acids is 1. The Morgan fingerprint density at radius 3 is 2.86 bits per heavy atom. The highest BCUT2D eigenvalue weighted by molar-refractivity contribution is 9.10.